The number of rotatable bonds is 5. The molecule has 1 aromatic carbocycles. The maximum absolute atomic E-state index is 12.9. The molecule has 2 heterocycles. The van der Waals surface area contributed by atoms with Gasteiger partial charge in [0.1, 0.15) is 6.26 Å². The van der Waals surface area contributed by atoms with Crippen LogP contribution in [0.25, 0.3) is 0 Å². The standard InChI is InChI=1S/C17H20N2O6S/c1-23-15-4-3-14(11-16(15)24-2)26(21,22)19-8-6-18(7-9-19)17(20)13-5-10-25-12-13/h3-5,10-12H,6-9H2,1-2H3. The van der Waals surface area contributed by atoms with Crippen molar-refractivity contribution in [1.29, 1.82) is 0 Å². The molecule has 0 radical (unpaired) electrons. The van der Waals surface area contributed by atoms with E-state index in [0.717, 1.165) is 0 Å². The minimum atomic E-state index is -3.68. The van der Waals surface area contributed by atoms with E-state index < -0.39 is 10.0 Å². The molecule has 0 aliphatic carbocycles. The maximum Gasteiger partial charge on any atom is 0.257 e. The monoisotopic (exact) mass is 380 g/mol. The van der Waals surface area contributed by atoms with Crippen molar-refractivity contribution in [3.63, 3.8) is 0 Å². The molecule has 140 valence electrons. The third-order valence-electron chi connectivity index (χ3n) is 4.29. The molecule has 0 bridgehead atoms. The second-order valence-electron chi connectivity index (χ2n) is 5.73. The average molecular weight is 380 g/mol. The van der Waals surface area contributed by atoms with E-state index in [2.05, 4.69) is 0 Å². The number of piperazine rings is 1. The molecule has 0 saturated carbocycles. The van der Waals surface area contributed by atoms with Gasteiger partial charge < -0.3 is 18.8 Å². The molecule has 0 atom stereocenters. The first-order valence-electron chi connectivity index (χ1n) is 8.01. The molecule has 1 aliphatic rings. The second-order valence-corrected chi connectivity index (χ2v) is 7.66. The van der Waals surface area contributed by atoms with E-state index in [0.29, 0.717) is 30.2 Å². The number of ether oxygens (including phenoxy) is 2. The van der Waals surface area contributed by atoms with Crippen LogP contribution in [0.15, 0.2) is 46.1 Å². The molecule has 1 saturated heterocycles. The Morgan fingerprint density at radius 1 is 1.04 bits per heavy atom. The minimum Gasteiger partial charge on any atom is -0.493 e. The van der Waals surface area contributed by atoms with Gasteiger partial charge in [0.2, 0.25) is 10.0 Å². The van der Waals surface area contributed by atoms with Crippen LogP contribution in [0.5, 0.6) is 11.5 Å². The highest BCUT2D eigenvalue weighted by molar-refractivity contribution is 7.89. The summed E-state index contributed by atoms with van der Waals surface area (Å²) in [7, 11) is -0.740. The molecule has 3 rings (SSSR count). The van der Waals surface area contributed by atoms with Gasteiger partial charge in [-0.05, 0) is 18.2 Å². The first-order chi connectivity index (χ1) is 12.5. The fourth-order valence-electron chi connectivity index (χ4n) is 2.83. The van der Waals surface area contributed by atoms with Gasteiger partial charge >= 0.3 is 0 Å². The number of hydrogen-bond acceptors (Lipinski definition) is 6. The lowest BCUT2D eigenvalue weighted by Gasteiger charge is -2.33. The van der Waals surface area contributed by atoms with Crippen molar-refractivity contribution in [3.05, 3.63) is 42.4 Å². The average Bonchev–Trinajstić information content (AvgIpc) is 3.21. The fraction of sp³-hybridized carbons (Fsp3) is 0.353. The van der Waals surface area contributed by atoms with Crippen molar-refractivity contribution in [2.45, 2.75) is 4.90 Å². The molecule has 9 heteroatoms. The number of amides is 1. The van der Waals surface area contributed by atoms with Crippen molar-refractivity contribution in [1.82, 2.24) is 9.21 Å². The molecule has 0 unspecified atom stereocenters. The van der Waals surface area contributed by atoms with Crippen molar-refractivity contribution in [2.24, 2.45) is 0 Å². The van der Waals surface area contributed by atoms with Gasteiger partial charge in [-0.15, -0.1) is 0 Å². The van der Waals surface area contributed by atoms with Crippen molar-refractivity contribution in [2.75, 3.05) is 40.4 Å². The number of carbonyl (C=O) groups excluding carboxylic acids is 1. The lowest BCUT2D eigenvalue weighted by molar-refractivity contribution is 0.0697. The van der Waals surface area contributed by atoms with Crippen LogP contribution in [-0.4, -0.2) is 63.9 Å². The zero-order chi connectivity index (χ0) is 18.7. The summed E-state index contributed by atoms with van der Waals surface area (Å²) >= 11 is 0. The Bertz CT molecular complexity index is 871. The van der Waals surface area contributed by atoms with Gasteiger partial charge in [0.15, 0.2) is 11.5 Å². The zero-order valence-electron chi connectivity index (χ0n) is 14.5. The number of methoxy groups -OCH3 is 2. The lowest BCUT2D eigenvalue weighted by atomic mass is 10.2. The fourth-order valence-corrected chi connectivity index (χ4v) is 4.26. The van der Waals surface area contributed by atoms with Crippen LogP contribution in [0.3, 0.4) is 0 Å². The number of sulfonamides is 1. The zero-order valence-corrected chi connectivity index (χ0v) is 15.4. The third kappa shape index (κ3) is 3.40. The van der Waals surface area contributed by atoms with Gasteiger partial charge in [-0.2, -0.15) is 4.31 Å². The van der Waals surface area contributed by atoms with E-state index in [1.54, 1.807) is 17.0 Å². The summed E-state index contributed by atoms with van der Waals surface area (Å²) in [5.41, 5.74) is 0.459. The maximum atomic E-state index is 12.9. The summed E-state index contributed by atoms with van der Waals surface area (Å²) in [6, 6.07) is 6.08. The van der Waals surface area contributed by atoms with E-state index in [9.17, 15) is 13.2 Å². The highest BCUT2D eigenvalue weighted by Crippen LogP contribution is 2.30. The van der Waals surface area contributed by atoms with Crippen LogP contribution in [0.1, 0.15) is 10.4 Å². The summed E-state index contributed by atoms with van der Waals surface area (Å²) in [4.78, 5) is 14.1. The lowest BCUT2D eigenvalue weighted by Crippen LogP contribution is -2.50. The molecule has 2 aromatic rings. The summed E-state index contributed by atoms with van der Waals surface area (Å²) in [6.45, 7) is 1.08. The second kappa shape index (κ2) is 7.38. The van der Waals surface area contributed by atoms with Gasteiger partial charge in [0.25, 0.3) is 5.91 Å². The Morgan fingerprint density at radius 3 is 2.31 bits per heavy atom. The topological polar surface area (TPSA) is 89.3 Å². The Kier molecular flexibility index (Phi) is 5.19. The van der Waals surface area contributed by atoms with Gasteiger partial charge in [0, 0.05) is 32.2 Å². The minimum absolute atomic E-state index is 0.129. The molecule has 0 N–H and O–H groups in total. The Labute approximate surface area is 152 Å². The summed E-state index contributed by atoms with van der Waals surface area (Å²) in [5, 5.41) is 0. The third-order valence-corrected chi connectivity index (χ3v) is 6.18. The van der Waals surface area contributed by atoms with E-state index in [4.69, 9.17) is 13.9 Å². The predicted molar refractivity (Wildman–Crippen MR) is 92.9 cm³/mol. The first kappa shape index (κ1) is 18.3. The Morgan fingerprint density at radius 2 is 1.73 bits per heavy atom. The quantitative estimate of drug-likeness (QED) is 0.780. The SMILES string of the molecule is COc1ccc(S(=O)(=O)N2CCN(C(=O)c3ccoc3)CC2)cc1OC. The smallest absolute Gasteiger partial charge is 0.257 e. The predicted octanol–water partition coefficient (Wildman–Crippen LogP) is 1.44. The van der Waals surface area contributed by atoms with Crippen LogP contribution in [0.2, 0.25) is 0 Å². The summed E-state index contributed by atoms with van der Waals surface area (Å²) in [5.74, 6) is 0.645. The van der Waals surface area contributed by atoms with Gasteiger partial charge in [-0.3, -0.25) is 4.79 Å². The van der Waals surface area contributed by atoms with Crippen molar-refractivity contribution in [3.8, 4) is 11.5 Å². The summed E-state index contributed by atoms with van der Waals surface area (Å²) < 4.78 is 42.4. The molecule has 1 fully saturated rings. The largest absolute Gasteiger partial charge is 0.493 e. The molecule has 1 amide bonds. The van der Waals surface area contributed by atoms with Gasteiger partial charge in [0.05, 0.1) is 30.9 Å². The van der Waals surface area contributed by atoms with Crippen molar-refractivity contribution < 1.29 is 27.1 Å². The Hall–Kier alpha value is -2.52. The number of hydrogen-bond donors (Lipinski definition) is 0. The van der Waals surface area contributed by atoms with Gasteiger partial charge in [-0.25, -0.2) is 8.42 Å². The van der Waals surface area contributed by atoms with Crippen LogP contribution in [0, 0.1) is 0 Å². The van der Waals surface area contributed by atoms with E-state index in [-0.39, 0.29) is 23.9 Å². The van der Waals surface area contributed by atoms with Crippen LogP contribution in [0.4, 0.5) is 0 Å². The number of furan rings is 1. The number of benzene rings is 1. The highest BCUT2D eigenvalue weighted by atomic mass is 32.2. The molecule has 1 aliphatic heterocycles. The summed E-state index contributed by atoms with van der Waals surface area (Å²) in [6.07, 6.45) is 2.82. The molecule has 8 nitrogen and oxygen atoms in total. The molecule has 1 aromatic heterocycles. The van der Waals surface area contributed by atoms with E-state index >= 15 is 0 Å². The normalized spacial score (nSPS) is 15.7. The first-order valence-corrected chi connectivity index (χ1v) is 9.45. The van der Waals surface area contributed by atoms with Crippen molar-refractivity contribution >= 4 is 15.9 Å². The van der Waals surface area contributed by atoms with E-state index in [1.165, 1.54) is 43.2 Å². The highest BCUT2D eigenvalue weighted by Gasteiger charge is 2.31. The van der Waals surface area contributed by atoms with Crippen LogP contribution >= 0.6 is 0 Å². The number of carbonyl (C=O) groups is 1. The van der Waals surface area contributed by atoms with E-state index in [1.807, 2.05) is 0 Å². The Balaban J connectivity index is 1.73. The van der Waals surface area contributed by atoms with Crippen LogP contribution < -0.4 is 9.47 Å². The van der Waals surface area contributed by atoms with Crippen LogP contribution in [-0.2, 0) is 10.0 Å². The molecular formula is C17H20N2O6S. The number of nitrogens with zero attached hydrogens (tertiary/aromatic N) is 2. The molecular weight excluding hydrogens is 360 g/mol. The molecule has 26 heavy (non-hydrogen) atoms. The van der Waals surface area contributed by atoms with Gasteiger partial charge in [-0.1, -0.05) is 0 Å². The molecule has 0 spiro atoms.